The summed E-state index contributed by atoms with van der Waals surface area (Å²) in [5.74, 6) is 0. The Hall–Kier alpha value is -8.58. The highest BCUT2D eigenvalue weighted by molar-refractivity contribution is 6.35. The maximum Gasteiger partial charge on any atom is 0.0159 e. The summed E-state index contributed by atoms with van der Waals surface area (Å²) in [6, 6.07) is 80.5. The van der Waals surface area contributed by atoms with Gasteiger partial charge in [0.2, 0.25) is 0 Å². The largest absolute Gasteiger partial charge is 0.0619 e. The van der Waals surface area contributed by atoms with Gasteiger partial charge in [0, 0.05) is 10.8 Å². The molecule has 0 saturated heterocycles. The van der Waals surface area contributed by atoms with E-state index in [1.54, 1.807) is 0 Å². The number of hydrogen-bond donors (Lipinski definition) is 0. The minimum Gasteiger partial charge on any atom is -0.0619 e. The fraction of sp³-hybridized carbons (Fsp3) is 0.175. The molecular weight excluding hydrogens is 961 g/mol. The molecule has 0 N–H and O–H groups in total. The number of fused-ring (bicyclic) bond motifs is 14. The molecule has 0 fully saturated rings. The van der Waals surface area contributed by atoms with E-state index in [0.29, 0.717) is 0 Å². The molecule has 0 nitrogen and oxygen atoms in total. The van der Waals surface area contributed by atoms with Gasteiger partial charge < -0.3 is 0 Å². The smallest absolute Gasteiger partial charge is 0.0159 e. The Kier molecular flexibility index (Phi) is 9.51. The second kappa shape index (κ2) is 16.0. The zero-order valence-electron chi connectivity index (χ0n) is 47.6. The third-order valence-corrected chi connectivity index (χ3v) is 19.4. The van der Waals surface area contributed by atoms with Crippen molar-refractivity contribution >= 4 is 32.3 Å². The predicted octanol–water partition coefficient (Wildman–Crippen LogP) is 22.3. The minimum absolute atomic E-state index is 0.0181. The first-order valence-electron chi connectivity index (χ1n) is 29.0. The number of rotatable bonds is 4. The molecule has 80 heavy (non-hydrogen) atoms. The van der Waals surface area contributed by atoms with Crippen LogP contribution in [-0.4, -0.2) is 0 Å². The van der Waals surface area contributed by atoms with Gasteiger partial charge >= 0.3 is 0 Å². The SMILES string of the molecule is CC(C)(C)c1cccc(-c2c3c(c(-c4cccc(C(C)(C)C)c4)c4ccccc24)-c2ccc4c5c(ccc-3c25)-c2c-4c(-c3ccc4c(c3)C(C)(C)c3ccccc3-4)c3ccccc3c2-c2ccc3c(c2)C(C)(C)c2ccccc2-3)c1. The summed E-state index contributed by atoms with van der Waals surface area (Å²) in [6.07, 6.45) is 0. The van der Waals surface area contributed by atoms with Crippen LogP contribution in [0.15, 0.2) is 206 Å². The highest BCUT2D eigenvalue weighted by Gasteiger charge is 2.41. The monoisotopic (exact) mass is 1020 g/mol. The van der Waals surface area contributed by atoms with E-state index >= 15 is 0 Å². The first kappa shape index (κ1) is 47.4. The number of benzene rings is 12. The van der Waals surface area contributed by atoms with Crippen LogP contribution >= 0.6 is 0 Å². The van der Waals surface area contributed by atoms with Crippen LogP contribution < -0.4 is 0 Å². The average Bonchev–Trinajstić information content (AvgIpc) is 4.24. The summed E-state index contributed by atoms with van der Waals surface area (Å²) < 4.78 is 0. The van der Waals surface area contributed by atoms with Gasteiger partial charge in [0.15, 0.2) is 0 Å². The summed E-state index contributed by atoms with van der Waals surface area (Å²) in [5, 5.41) is 7.87. The Bertz CT molecular complexity index is 4470. The quantitative estimate of drug-likeness (QED) is 0.165. The van der Waals surface area contributed by atoms with Gasteiger partial charge in [0.1, 0.15) is 0 Å². The zero-order chi connectivity index (χ0) is 54.5. The highest BCUT2D eigenvalue weighted by atomic mass is 14.4. The predicted molar refractivity (Wildman–Crippen MR) is 342 cm³/mol. The van der Waals surface area contributed by atoms with Crippen LogP contribution in [0.4, 0.5) is 0 Å². The van der Waals surface area contributed by atoms with Crippen molar-refractivity contribution in [2.45, 2.75) is 90.9 Å². The van der Waals surface area contributed by atoms with Crippen LogP contribution in [0.25, 0.3) is 144 Å². The number of hydrogen-bond acceptors (Lipinski definition) is 0. The van der Waals surface area contributed by atoms with Crippen LogP contribution in [0.3, 0.4) is 0 Å². The Balaban J connectivity index is 1.04. The van der Waals surface area contributed by atoms with E-state index in [0.717, 1.165) is 0 Å². The second-order valence-electron chi connectivity index (χ2n) is 26.7. The van der Waals surface area contributed by atoms with Crippen molar-refractivity contribution < 1.29 is 0 Å². The van der Waals surface area contributed by atoms with Crippen molar-refractivity contribution in [3.05, 3.63) is 240 Å². The molecular formula is C80H64. The molecule has 0 saturated carbocycles. The Morgan fingerprint density at radius 3 is 0.863 bits per heavy atom. The third-order valence-electron chi connectivity index (χ3n) is 19.4. The van der Waals surface area contributed by atoms with Crippen LogP contribution in [0.1, 0.15) is 103 Å². The minimum atomic E-state index is -0.148. The lowest BCUT2D eigenvalue weighted by Crippen LogP contribution is -2.15. The molecule has 0 unspecified atom stereocenters. The Morgan fingerprint density at radius 1 is 0.237 bits per heavy atom. The zero-order valence-corrected chi connectivity index (χ0v) is 47.6. The Labute approximate surface area is 471 Å². The molecule has 12 aromatic carbocycles. The summed E-state index contributed by atoms with van der Waals surface area (Å²) >= 11 is 0. The van der Waals surface area contributed by atoms with Gasteiger partial charge in [-0.25, -0.2) is 0 Å². The maximum absolute atomic E-state index is 2.56. The van der Waals surface area contributed by atoms with E-state index in [2.05, 4.69) is 275 Å². The lowest BCUT2D eigenvalue weighted by molar-refractivity contribution is 0.590. The normalized spacial score (nSPS) is 14.6. The van der Waals surface area contributed by atoms with Crippen LogP contribution in [0, 0.1) is 0 Å². The molecule has 4 aliphatic carbocycles. The molecule has 384 valence electrons. The van der Waals surface area contributed by atoms with Crippen LogP contribution in [0.5, 0.6) is 0 Å². The van der Waals surface area contributed by atoms with Crippen molar-refractivity contribution in [1.82, 2.24) is 0 Å². The second-order valence-corrected chi connectivity index (χ2v) is 26.7. The average molecular weight is 1030 g/mol. The first-order valence-corrected chi connectivity index (χ1v) is 29.0. The fourth-order valence-corrected chi connectivity index (χ4v) is 15.5. The standard InChI is InChI=1S/C80H64/c1-77(2,3)49-23-19-21-45(41-49)67-55-27-11-12-28-56(55)68(46-22-20-24-50(42-46)78(4,5)6)74-60-38-40-62-72-61(39-37-59(71(60)72)73(67)74)75-69(47-33-35-53-51-25-15-17-31-63(51)79(7,8)65(53)43-47)57-29-13-14-30-58(57)70(76(62)75)48-34-36-54-52-26-16-18-32-64(52)80(9,10)66(54)44-48/h11-44H,1-10H3. The van der Waals surface area contributed by atoms with E-state index in [1.807, 2.05) is 0 Å². The molecule has 0 atom stereocenters. The first-order chi connectivity index (χ1) is 38.5. The fourth-order valence-electron chi connectivity index (χ4n) is 15.5. The van der Waals surface area contributed by atoms with Gasteiger partial charge in [0.25, 0.3) is 0 Å². The van der Waals surface area contributed by atoms with Gasteiger partial charge in [-0.15, -0.1) is 0 Å². The molecule has 0 amide bonds. The molecule has 0 aromatic heterocycles. The molecule has 16 rings (SSSR count). The maximum atomic E-state index is 2.56. The Morgan fingerprint density at radius 2 is 0.525 bits per heavy atom. The van der Waals surface area contributed by atoms with Gasteiger partial charge in [-0.05, 0) is 200 Å². The van der Waals surface area contributed by atoms with Gasteiger partial charge in [-0.2, -0.15) is 0 Å². The summed E-state index contributed by atoms with van der Waals surface area (Å²) in [7, 11) is 0. The lowest BCUT2D eigenvalue weighted by Gasteiger charge is -2.25. The van der Waals surface area contributed by atoms with Crippen LogP contribution in [0.2, 0.25) is 0 Å². The van der Waals surface area contributed by atoms with E-state index in [4.69, 9.17) is 0 Å². The van der Waals surface area contributed by atoms with Crippen molar-refractivity contribution in [2.24, 2.45) is 0 Å². The molecule has 12 aromatic rings. The van der Waals surface area contributed by atoms with Crippen molar-refractivity contribution in [3.63, 3.8) is 0 Å². The van der Waals surface area contributed by atoms with Gasteiger partial charge in [-0.3, -0.25) is 0 Å². The summed E-state index contributed by atoms with van der Waals surface area (Å²) in [4.78, 5) is 0. The lowest BCUT2D eigenvalue weighted by atomic mass is 9.78. The van der Waals surface area contributed by atoms with E-state index in [1.165, 1.54) is 177 Å². The molecule has 0 heteroatoms. The van der Waals surface area contributed by atoms with Gasteiger partial charge in [0.05, 0.1) is 0 Å². The van der Waals surface area contributed by atoms with E-state index in [9.17, 15) is 0 Å². The van der Waals surface area contributed by atoms with Crippen LogP contribution in [-0.2, 0) is 21.7 Å². The van der Waals surface area contributed by atoms with E-state index in [-0.39, 0.29) is 21.7 Å². The molecule has 0 aliphatic heterocycles. The molecule has 0 heterocycles. The van der Waals surface area contributed by atoms with E-state index < -0.39 is 0 Å². The molecule has 4 aliphatic rings. The summed E-state index contributed by atoms with van der Waals surface area (Å²) in [6.45, 7) is 23.7. The van der Waals surface area contributed by atoms with Gasteiger partial charge in [-0.1, -0.05) is 263 Å². The van der Waals surface area contributed by atoms with Crippen molar-refractivity contribution in [1.29, 1.82) is 0 Å². The molecule has 0 bridgehead atoms. The third kappa shape index (κ3) is 6.28. The van der Waals surface area contributed by atoms with Crippen molar-refractivity contribution in [2.75, 3.05) is 0 Å². The van der Waals surface area contributed by atoms with Crippen molar-refractivity contribution in [3.8, 4) is 111 Å². The summed E-state index contributed by atoms with van der Waals surface area (Å²) in [5.41, 5.74) is 34.3. The highest BCUT2D eigenvalue weighted by Crippen LogP contribution is 2.65. The molecule has 0 spiro atoms. The molecule has 0 radical (unpaired) electrons. The topological polar surface area (TPSA) is 0 Å².